The van der Waals surface area contributed by atoms with Gasteiger partial charge in [-0.05, 0) is 26.8 Å². The van der Waals surface area contributed by atoms with Gasteiger partial charge >= 0.3 is 5.97 Å². The van der Waals surface area contributed by atoms with Crippen LogP contribution in [0.25, 0.3) is 0 Å². The van der Waals surface area contributed by atoms with E-state index < -0.39 is 5.97 Å². The molecule has 0 saturated heterocycles. The summed E-state index contributed by atoms with van der Waals surface area (Å²) in [6.07, 6.45) is 1.02. The van der Waals surface area contributed by atoms with Gasteiger partial charge < -0.3 is 5.11 Å². The maximum Gasteiger partial charge on any atom is 0.304 e. The number of carboxylic acids is 1. The minimum atomic E-state index is -0.818. The van der Waals surface area contributed by atoms with E-state index >= 15 is 0 Å². The second-order valence-corrected chi connectivity index (χ2v) is 3.47. The molecule has 1 unspecified atom stereocenters. The van der Waals surface area contributed by atoms with Gasteiger partial charge in [-0.1, -0.05) is 6.92 Å². The van der Waals surface area contributed by atoms with Crippen LogP contribution in [0.4, 0.5) is 0 Å². The van der Waals surface area contributed by atoms with Gasteiger partial charge in [0.25, 0.3) is 0 Å². The van der Waals surface area contributed by atoms with Crippen LogP contribution in [0.3, 0.4) is 0 Å². The van der Waals surface area contributed by atoms with Crippen molar-refractivity contribution in [3.8, 4) is 0 Å². The normalized spacial score (nSPS) is 12.9. The predicted octanol–water partition coefficient (Wildman–Crippen LogP) is 1.15. The van der Waals surface area contributed by atoms with Gasteiger partial charge in [0, 0.05) is 6.54 Å². The standard InChI is InChI=1S/C10H19NO3/c1-4-6-11(7-5-10(13)14)8(2)9(3)12/h8H,4-7H2,1-3H3,(H,13,14). The summed E-state index contributed by atoms with van der Waals surface area (Å²) in [5.41, 5.74) is 0. The van der Waals surface area contributed by atoms with E-state index in [9.17, 15) is 9.59 Å². The third-order valence-corrected chi connectivity index (χ3v) is 2.26. The van der Waals surface area contributed by atoms with E-state index in [2.05, 4.69) is 0 Å². The number of hydrogen-bond acceptors (Lipinski definition) is 3. The summed E-state index contributed by atoms with van der Waals surface area (Å²) >= 11 is 0. The number of hydrogen-bond donors (Lipinski definition) is 1. The Morgan fingerprint density at radius 2 is 1.93 bits per heavy atom. The topological polar surface area (TPSA) is 57.6 Å². The maximum atomic E-state index is 11.1. The van der Waals surface area contributed by atoms with Crippen LogP contribution in [0.2, 0.25) is 0 Å². The van der Waals surface area contributed by atoms with Crippen molar-refractivity contribution in [2.45, 2.75) is 39.7 Å². The minimum absolute atomic E-state index is 0.0869. The molecule has 0 aliphatic rings. The molecule has 82 valence electrons. The van der Waals surface area contributed by atoms with Crippen LogP contribution in [-0.4, -0.2) is 40.9 Å². The second-order valence-electron chi connectivity index (χ2n) is 3.47. The van der Waals surface area contributed by atoms with E-state index in [0.29, 0.717) is 6.54 Å². The van der Waals surface area contributed by atoms with Crippen LogP contribution in [-0.2, 0) is 9.59 Å². The van der Waals surface area contributed by atoms with Crippen molar-refractivity contribution in [3.63, 3.8) is 0 Å². The summed E-state index contributed by atoms with van der Waals surface area (Å²) in [4.78, 5) is 23.4. The Bertz CT molecular complexity index is 204. The summed E-state index contributed by atoms with van der Waals surface area (Å²) in [7, 11) is 0. The molecule has 0 spiro atoms. The highest BCUT2D eigenvalue weighted by atomic mass is 16.4. The smallest absolute Gasteiger partial charge is 0.304 e. The average molecular weight is 201 g/mol. The highest BCUT2D eigenvalue weighted by molar-refractivity contribution is 5.81. The number of ketones is 1. The molecule has 0 aliphatic carbocycles. The van der Waals surface area contributed by atoms with Crippen LogP contribution in [0, 0.1) is 0 Å². The molecule has 0 aliphatic heterocycles. The zero-order chi connectivity index (χ0) is 11.1. The molecule has 0 aromatic heterocycles. The lowest BCUT2D eigenvalue weighted by atomic mass is 10.2. The van der Waals surface area contributed by atoms with Crippen molar-refractivity contribution in [2.75, 3.05) is 13.1 Å². The van der Waals surface area contributed by atoms with Gasteiger partial charge in [0.2, 0.25) is 0 Å². The minimum Gasteiger partial charge on any atom is -0.481 e. The zero-order valence-electron chi connectivity index (χ0n) is 9.12. The molecule has 4 nitrogen and oxygen atoms in total. The Balaban J connectivity index is 4.13. The Kier molecular flexibility index (Phi) is 6.12. The van der Waals surface area contributed by atoms with Gasteiger partial charge in [0.15, 0.2) is 0 Å². The fraction of sp³-hybridized carbons (Fsp3) is 0.800. The molecule has 0 heterocycles. The van der Waals surface area contributed by atoms with E-state index in [1.807, 2.05) is 18.7 Å². The molecule has 0 saturated carbocycles. The van der Waals surface area contributed by atoms with Crippen LogP contribution in [0.5, 0.6) is 0 Å². The van der Waals surface area contributed by atoms with Gasteiger partial charge in [-0.2, -0.15) is 0 Å². The van der Waals surface area contributed by atoms with Gasteiger partial charge in [0.05, 0.1) is 12.5 Å². The van der Waals surface area contributed by atoms with Crippen molar-refractivity contribution in [2.24, 2.45) is 0 Å². The zero-order valence-corrected chi connectivity index (χ0v) is 9.12. The molecular formula is C10H19NO3. The molecule has 1 N–H and O–H groups in total. The molecule has 0 radical (unpaired) electrons. The van der Waals surface area contributed by atoms with Gasteiger partial charge in [-0.15, -0.1) is 0 Å². The second kappa shape index (κ2) is 6.54. The van der Waals surface area contributed by atoms with E-state index in [0.717, 1.165) is 13.0 Å². The average Bonchev–Trinajstić information content (AvgIpc) is 2.10. The first kappa shape index (κ1) is 13.1. The molecular weight excluding hydrogens is 182 g/mol. The van der Waals surface area contributed by atoms with E-state index in [-0.39, 0.29) is 18.2 Å². The number of carbonyl (C=O) groups is 2. The Morgan fingerprint density at radius 3 is 2.29 bits per heavy atom. The number of rotatable bonds is 7. The molecule has 0 fully saturated rings. The summed E-state index contributed by atoms with van der Waals surface area (Å²) in [6.45, 7) is 6.59. The fourth-order valence-electron chi connectivity index (χ4n) is 1.28. The number of Topliss-reactive ketones (excluding diaryl/α,β-unsaturated/α-hetero) is 1. The lowest BCUT2D eigenvalue weighted by Crippen LogP contribution is -2.39. The molecule has 0 rings (SSSR count). The number of nitrogens with zero attached hydrogens (tertiary/aromatic N) is 1. The van der Waals surface area contributed by atoms with Gasteiger partial charge in [-0.3, -0.25) is 14.5 Å². The molecule has 0 bridgehead atoms. The van der Waals surface area contributed by atoms with Crippen LogP contribution in [0.1, 0.15) is 33.6 Å². The van der Waals surface area contributed by atoms with Crippen LogP contribution in [0.15, 0.2) is 0 Å². The summed E-state index contributed by atoms with van der Waals surface area (Å²) < 4.78 is 0. The quantitative estimate of drug-likeness (QED) is 0.671. The van der Waals surface area contributed by atoms with Crippen molar-refractivity contribution in [1.82, 2.24) is 4.90 Å². The first-order valence-corrected chi connectivity index (χ1v) is 4.95. The highest BCUT2D eigenvalue weighted by Gasteiger charge is 2.17. The summed E-state index contributed by atoms with van der Waals surface area (Å²) in [5.74, 6) is -0.731. The molecule has 0 aromatic rings. The SMILES string of the molecule is CCCN(CCC(=O)O)C(C)C(C)=O. The number of aliphatic carboxylic acids is 1. The Hall–Kier alpha value is -0.900. The third-order valence-electron chi connectivity index (χ3n) is 2.26. The first-order chi connectivity index (χ1) is 6.49. The Morgan fingerprint density at radius 1 is 1.36 bits per heavy atom. The first-order valence-electron chi connectivity index (χ1n) is 4.95. The molecule has 4 heteroatoms. The monoisotopic (exact) mass is 201 g/mol. The van der Waals surface area contributed by atoms with Crippen molar-refractivity contribution in [1.29, 1.82) is 0 Å². The largest absolute Gasteiger partial charge is 0.481 e. The summed E-state index contributed by atoms with van der Waals surface area (Å²) in [6, 6.07) is -0.172. The maximum absolute atomic E-state index is 11.1. The molecule has 0 amide bonds. The predicted molar refractivity (Wildman–Crippen MR) is 54.3 cm³/mol. The number of carbonyl (C=O) groups excluding carboxylic acids is 1. The highest BCUT2D eigenvalue weighted by Crippen LogP contribution is 2.03. The summed E-state index contributed by atoms with van der Waals surface area (Å²) in [5, 5.41) is 8.54. The van der Waals surface area contributed by atoms with E-state index in [1.165, 1.54) is 6.92 Å². The Labute approximate surface area is 84.9 Å². The van der Waals surface area contributed by atoms with Crippen LogP contribution >= 0.6 is 0 Å². The number of carboxylic acid groups (broad SMARTS) is 1. The van der Waals surface area contributed by atoms with Crippen LogP contribution < -0.4 is 0 Å². The van der Waals surface area contributed by atoms with Crippen molar-refractivity contribution in [3.05, 3.63) is 0 Å². The third kappa shape index (κ3) is 4.97. The van der Waals surface area contributed by atoms with Crippen molar-refractivity contribution < 1.29 is 14.7 Å². The lowest BCUT2D eigenvalue weighted by molar-refractivity contribution is -0.138. The molecule has 0 aromatic carbocycles. The van der Waals surface area contributed by atoms with Crippen molar-refractivity contribution >= 4 is 11.8 Å². The van der Waals surface area contributed by atoms with Gasteiger partial charge in [-0.25, -0.2) is 0 Å². The molecule has 14 heavy (non-hydrogen) atoms. The lowest BCUT2D eigenvalue weighted by Gasteiger charge is -2.26. The fourth-order valence-corrected chi connectivity index (χ4v) is 1.28. The molecule has 1 atom stereocenters. The van der Waals surface area contributed by atoms with E-state index in [4.69, 9.17) is 5.11 Å². The van der Waals surface area contributed by atoms with Gasteiger partial charge in [0.1, 0.15) is 5.78 Å². The van der Waals surface area contributed by atoms with E-state index in [1.54, 1.807) is 0 Å².